The molecule has 0 aliphatic rings. The molecule has 15 heavy (non-hydrogen) atoms. The molecule has 1 rings (SSSR count). The van der Waals surface area contributed by atoms with Gasteiger partial charge in [0, 0.05) is 11.8 Å². The van der Waals surface area contributed by atoms with Gasteiger partial charge in [0.2, 0.25) is 0 Å². The Morgan fingerprint density at radius 1 is 1.53 bits per heavy atom. The molecule has 1 heterocycles. The van der Waals surface area contributed by atoms with E-state index < -0.39 is 0 Å². The van der Waals surface area contributed by atoms with Crippen molar-refractivity contribution < 1.29 is 4.74 Å². The molecule has 84 valence electrons. The Balaban J connectivity index is 2.31. The maximum atomic E-state index is 5.04. The molecule has 4 heteroatoms. The first kappa shape index (κ1) is 12.2. The summed E-state index contributed by atoms with van der Waals surface area (Å²) in [6.07, 6.45) is 5.01. The first-order valence-electron chi connectivity index (χ1n) is 5.03. The normalized spacial score (nSPS) is 12.2. The van der Waals surface area contributed by atoms with Crippen LogP contribution in [0.1, 0.15) is 13.3 Å². The molecule has 0 aliphatic heterocycles. The van der Waals surface area contributed by atoms with E-state index in [0.29, 0.717) is 5.25 Å². The van der Waals surface area contributed by atoms with E-state index in [-0.39, 0.29) is 0 Å². The molecule has 1 atom stereocenters. The maximum absolute atomic E-state index is 5.04. The molecular formula is C11H18N2OS. The third-order valence-corrected chi connectivity index (χ3v) is 3.27. The number of rotatable bonds is 6. The van der Waals surface area contributed by atoms with Gasteiger partial charge in [-0.1, -0.05) is 6.92 Å². The molecule has 1 aromatic rings. The van der Waals surface area contributed by atoms with E-state index in [2.05, 4.69) is 23.5 Å². The van der Waals surface area contributed by atoms with Crippen LogP contribution in [-0.2, 0) is 0 Å². The highest BCUT2D eigenvalue weighted by Gasteiger charge is 1.99. The van der Waals surface area contributed by atoms with Crippen molar-refractivity contribution in [2.24, 2.45) is 0 Å². The van der Waals surface area contributed by atoms with Gasteiger partial charge in [0.15, 0.2) is 0 Å². The van der Waals surface area contributed by atoms with E-state index >= 15 is 0 Å². The summed E-state index contributed by atoms with van der Waals surface area (Å²) in [6.45, 7) is 3.19. The molecule has 0 saturated carbocycles. The summed E-state index contributed by atoms with van der Waals surface area (Å²) in [5.74, 6) is 1.70. The highest BCUT2D eigenvalue weighted by atomic mass is 32.2. The fraction of sp³-hybridized carbons (Fsp3) is 0.545. The average molecular weight is 226 g/mol. The number of hydrogen-bond donors (Lipinski definition) is 1. The van der Waals surface area contributed by atoms with E-state index in [1.165, 1.54) is 0 Å². The van der Waals surface area contributed by atoms with Gasteiger partial charge in [-0.25, -0.2) is 4.98 Å². The largest absolute Gasteiger partial charge is 0.495 e. The molecule has 0 bridgehead atoms. The Morgan fingerprint density at radius 3 is 2.87 bits per heavy atom. The third kappa shape index (κ3) is 4.42. The Labute approximate surface area is 95.6 Å². The first-order valence-corrected chi connectivity index (χ1v) is 6.31. The third-order valence-electron chi connectivity index (χ3n) is 2.23. The van der Waals surface area contributed by atoms with E-state index in [1.807, 2.05) is 23.9 Å². The highest BCUT2D eigenvalue weighted by Crippen LogP contribution is 2.12. The lowest BCUT2D eigenvalue weighted by molar-refractivity contribution is 0.413. The van der Waals surface area contributed by atoms with E-state index in [4.69, 9.17) is 4.74 Å². The number of nitrogens with one attached hydrogen (secondary N) is 1. The van der Waals surface area contributed by atoms with Crippen LogP contribution >= 0.6 is 11.8 Å². The molecule has 0 aliphatic carbocycles. The second-order valence-electron chi connectivity index (χ2n) is 3.35. The topological polar surface area (TPSA) is 34.1 Å². The number of thioether (sulfide) groups is 1. The average Bonchev–Trinajstić information content (AvgIpc) is 2.29. The van der Waals surface area contributed by atoms with Gasteiger partial charge in [0.1, 0.15) is 11.6 Å². The number of aromatic nitrogens is 1. The standard InChI is InChI=1S/C11H18N2OS/c1-9(15-3)6-7-12-11-5-4-10(14-2)8-13-11/h4-5,8-9H,6-7H2,1-3H3,(H,12,13). The van der Waals surface area contributed by atoms with E-state index in [0.717, 1.165) is 24.5 Å². The lowest BCUT2D eigenvalue weighted by Gasteiger charge is -2.09. The Kier molecular flexibility index (Phi) is 5.32. The summed E-state index contributed by atoms with van der Waals surface area (Å²) in [7, 11) is 1.64. The summed E-state index contributed by atoms with van der Waals surface area (Å²) in [6, 6.07) is 3.84. The number of hydrogen-bond acceptors (Lipinski definition) is 4. The zero-order valence-corrected chi connectivity index (χ0v) is 10.3. The second-order valence-corrected chi connectivity index (χ2v) is 4.62. The van der Waals surface area contributed by atoms with Crippen molar-refractivity contribution >= 4 is 17.6 Å². The quantitative estimate of drug-likeness (QED) is 0.808. The van der Waals surface area contributed by atoms with Gasteiger partial charge in [-0.05, 0) is 24.8 Å². The minimum atomic E-state index is 0.691. The van der Waals surface area contributed by atoms with E-state index in [9.17, 15) is 0 Å². The summed E-state index contributed by atoms with van der Waals surface area (Å²) in [4.78, 5) is 4.23. The molecule has 1 aromatic heterocycles. The smallest absolute Gasteiger partial charge is 0.137 e. The zero-order chi connectivity index (χ0) is 11.1. The summed E-state index contributed by atoms with van der Waals surface area (Å²) >= 11 is 1.89. The molecule has 0 amide bonds. The van der Waals surface area contributed by atoms with Crippen LogP contribution < -0.4 is 10.1 Å². The molecule has 0 spiro atoms. The number of pyridine rings is 1. The van der Waals surface area contributed by atoms with Gasteiger partial charge in [0.25, 0.3) is 0 Å². The Morgan fingerprint density at radius 2 is 2.33 bits per heavy atom. The SMILES string of the molecule is COc1ccc(NCCC(C)SC)nc1. The second kappa shape index (κ2) is 6.56. The van der Waals surface area contributed by atoms with Gasteiger partial charge in [-0.2, -0.15) is 11.8 Å². The summed E-state index contributed by atoms with van der Waals surface area (Å²) in [5.41, 5.74) is 0. The lowest BCUT2D eigenvalue weighted by atomic mass is 10.3. The predicted molar refractivity (Wildman–Crippen MR) is 66.9 cm³/mol. The van der Waals surface area contributed by atoms with Crippen molar-refractivity contribution in [1.82, 2.24) is 4.98 Å². The van der Waals surface area contributed by atoms with Crippen LogP contribution in [0.5, 0.6) is 5.75 Å². The number of anilines is 1. The number of methoxy groups -OCH3 is 1. The molecule has 0 aromatic carbocycles. The zero-order valence-electron chi connectivity index (χ0n) is 9.49. The Bertz CT molecular complexity index is 276. The van der Waals surface area contributed by atoms with Crippen LogP contribution in [-0.4, -0.2) is 30.1 Å². The highest BCUT2D eigenvalue weighted by molar-refractivity contribution is 7.99. The molecular weight excluding hydrogens is 208 g/mol. The van der Waals surface area contributed by atoms with Gasteiger partial charge in [-0.15, -0.1) is 0 Å². The minimum Gasteiger partial charge on any atom is -0.495 e. The van der Waals surface area contributed by atoms with Crippen molar-refractivity contribution in [2.75, 3.05) is 25.2 Å². The van der Waals surface area contributed by atoms with Crippen LogP contribution in [0.2, 0.25) is 0 Å². The van der Waals surface area contributed by atoms with Crippen LogP contribution in [0.4, 0.5) is 5.82 Å². The molecule has 3 nitrogen and oxygen atoms in total. The molecule has 0 saturated heterocycles. The first-order chi connectivity index (χ1) is 7.26. The maximum Gasteiger partial charge on any atom is 0.137 e. The lowest BCUT2D eigenvalue weighted by Crippen LogP contribution is -2.08. The van der Waals surface area contributed by atoms with Crippen LogP contribution in [0.3, 0.4) is 0 Å². The number of nitrogens with zero attached hydrogens (tertiary/aromatic N) is 1. The van der Waals surface area contributed by atoms with Crippen LogP contribution in [0.15, 0.2) is 18.3 Å². The predicted octanol–water partition coefficient (Wildman–Crippen LogP) is 2.64. The van der Waals surface area contributed by atoms with Crippen molar-refractivity contribution in [3.8, 4) is 5.75 Å². The fourth-order valence-corrected chi connectivity index (χ4v) is 1.48. The molecule has 0 fully saturated rings. The van der Waals surface area contributed by atoms with Gasteiger partial charge >= 0.3 is 0 Å². The monoisotopic (exact) mass is 226 g/mol. The number of ether oxygens (including phenoxy) is 1. The van der Waals surface area contributed by atoms with Crippen molar-refractivity contribution in [1.29, 1.82) is 0 Å². The molecule has 1 unspecified atom stereocenters. The van der Waals surface area contributed by atoms with Crippen molar-refractivity contribution in [2.45, 2.75) is 18.6 Å². The summed E-state index contributed by atoms with van der Waals surface area (Å²) in [5, 5.41) is 3.97. The van der Waals surface area contributed by atoms with Crippen LogP contribution in [0.25, 0.3) is 0 Å². The Hall–Kier alpha value is -0.900. The fourth-order valence-electron chi connectivity index (χ4n) is 1.13. The van der Waals surface area contributed by atoms with Crippen LogP contribution in [0, 0.1) is 0 Å². The van der Waals surface area contributed by atoms with Gasteiger partial charge in [-0.3, -0.25) is 0 Å². The van der Waals surface area contributed by atoms with Gasteiger partial charge < -0.3 is 10.1 Å². The van der Waals surface area contributed by atoms with Crippen molar-refractivity contribution in [3.63, 3.8) is 0 Å². The molecule has 0 radical (unpaired) electrons. The molecule has 1 N–H and O–H groups in total. The van der Waals surface area contributed by atoms with E-state index in [1.54, 1.807) is 13.3 Å². The summed E-state index contributed by atoms with van der Waals surface area (Å²) < 4.78 is 5.04. The van der Waals surface area contributed by atoms with Gasteiger partial charge in [0.05, 0.1) is 13.3 Å². The van der Waals surface area contributed by atoms with Crippen molar-refractivity contribution in [3.05, 3.63) is 18.3 Å². The minimum absolute atomic E-state index is 0.691.